The molecule has 226 valence electrons. The zero-order valence-corrected chi connectivity index (χ0v) is 25.0. The number of hydrogen-bond donors (Lipinski definition) is 5. The number of phenols is 4. The van der Waals surface area contributed by atoms with Crippen molar-refractivity contribution in [3.63, 3.8) is 0 Å². The quantitative estimate of drug-likeness (QED) is 0.0845. The Labute approximate surface area is 255 Å². The molecule has 0 bridgehead atoms. The first-order valence-electron chi connectivity index (χ1n) is 14.1. The van der Waals surface area contributed by atoms with E-state index in [1.165, 1.54) is 30.3 Å². The SMILES string of the molecule is CCc1ccc(Cc2cccc(Cc3cc(/N=N/c4ccc5c(S(=O)(=O)O)cccc5c4O)c(CC)cc3O)c2O)c(O)c1. The molecule has 0 amide bonds. The van der Waals surface area contributed by atoms with Gasteiger partial charge in [0.25, 0.3) is 10.1 Å². The Morgan fingerprint density at radius 1 is 0.591 bits per heavy atom. The Hall–Kier alpha value is -4.93. The fraction of sp³-hybridized carbons (Fsp3) is 0.176. The van der Waals surface area contributed by atoms with Crippen molar-refractivity contribution in [2.75, 3.05) is 0 Å². The van der Waals surface area contributed by atoms with Gasteiger partial charge in [-0.15, -0.1) is 5.11 Å². The molecule has 10 heteroatoms. The summed E-state index contributed by atoms with van der Waals surface area (Å²) in [5, 5.41) is 52.1. The maximum atomic E-state index is 11.8. The minimum atomic E-state index is -4.50. The second-order valence-electron chi connectivity index (χ2n) is 10.5. The monoisotopic (exact) mass is 612 g/mol. The summed E-state index contributed by atoms with van der Waals surface area (Å²) >= 11 is 0. The van der Waals surface area contributed by atoms with Crippen molar-refractivity contribution in [2.24, 2.45) is 10.2 Å². The molecule has 0 aliphatic rings. The number of benzene rings is 5. The van der Waals surface area contributed by atoms with Gasteiger partial charge in [-0.25, -0.2) is 0 Å². The molecule has 44 heavy (non-hydrogen) atoms. The van der Waals surface area contributed by atoms with Crippen LogP contribution in [-0.4, -0.2) is 33.4 Å². The van der Waals surface area contributed by atoms with Gasteiger partial charge in [0.2, 0.25) is 0 Å². The first-order valence-corrected chi connectivity index (χ1v) is 15.5. The van der Waals surface area contributed by atoms with Gasteiger partial charge in [0.15, 0.2) is 5.75 Å². The number of aryl methyl sites for hydroxylation is 2. The molecule has 0 atom stereocenters. The van der Waals surface area contributed by atoms with E-state index in [0.29, 0.717) is 46.3 Å². The van der Waals surface area contributed by atoms with E-state index in [2.05, 4.69) is 10.2 Å². The minimum absolute atomic E-state index is 0.0321. The summed E-state index contributed by atoms with van der Waals surface area (Å²) in [5.74, 6) is -0.0251. The van der Waals surface area contributed by atoms with Gasteiger partial charge in [-0.1, -0.05) is 62.4 Å². The Balaban J connectivity index is 1.46. The molecule has 5 N–H and O–H groups in total. The van der Waals surface area contributed by atoms with Gasteiger partial charge in [0.05, 0.1) is 5.69 Å². The average Bonchev–Trinajstić information content (AvgIpc) is 3.00. The molecule has 5 aromatic carbocycles. The standard InChI is InChI=1S/C34H32N2O7S/c1-3-20-11-12-22(30(37)15-20)16-23-7-5-8-24(33(23)39)17-25-18-29(21(4-2)19-31(25)38)36-35-28-14-13-26-27(34(28)40)9-6-10-32(26)44(41,42)43/h5-15,18-19,37-40H,3-4,16-17H2,1-2H3,(H,41,42,43)/b36-35+. The zero-order valence-electron chi connectivity index (χ0n) is 24.2. The molecule has 0 spiro atoms. The topological polar surface area (TPSA) is 160 Å². The second-order valence-corrected chi connectivity index (χ2v) is 11.9. The average molecular weight is 613 g/mol. The highest BCUT2D eigenvalue weighted by Gasteiger charge is 2.18. The highest BCUT2D eigenvalue weighted by Crippen LogP contribution is 2.39. The molecule has 5 rings (SSSR count). The van der Waals surface area contributed by atoms with E-state index < -0.39 is 10.1 Å². The smallest absolute Gasteiger partial charge is 0.295 e. The van der Waals surface area contributed by atoms with Crippen LogP contribution in [0.15, 0.2) is 94.0 Å². The summed E-state index contributed by atoms with van der Waals surface area (Å²) in [6.07, 6.45) is 1.86. The normalized spacial score (nSPS) is 11.9. The maximum Gasteiger partial charge on any atom is 0.295 e. The number of aromatic hydroxyl groups is 4. The first-order chi connectivity index (χ1) is 21.0. The highest BCUT2D eigenvalue weighted by molar-refractivity contribution is 7.86. The Bertz CT molecular complexity index is 2020. The molecule has 0 heterocycles. The number of para-hydroxylation sites is 1. The van der Waals surface area contributed by atoms with Gasteiger partial charge in [0.1, 0.15) is 27.8 Å². The van der Waals surface area contributed by atoms with Gasteiger partial charge in [0, 0.05) is 29.2 Å². The third-order valence-corrected chi connectivity index (χ3v) is 8.61. The fourth-order valence-corrected chi connectivity index (χ4v) is 5.92. The molecule has 0 saturated heterocycles. The number of hydrogen-bond acceptors (Lipinski definition) is 8. The Morgan fingerprint density at radius 3 is 1.91 bits per heavy atom. The summed E-state index contributed by atoms with van der Waals surface area (Å²) in [4.78, 5) is -0.330. The number of nitrogens with zero attached hydrogens (tertiary/aromatic N) is 2. The van der Waals surface area contributed by atoms with Crippen molar-refractivity contribution in [2.45, 2.75) is 44.4 Å². The fourth-order valence-electron chi connectivity index (χ4n) is 5.22. The summed E-state index contributed by atoms with van der Waals surface area (Å²) < 4.78 is 33.1. The van der Waals surface area contributed by atoms with Crippen molar-refractivity contribution in [3.05, 3.63) is 112 Å². The van der Waals surface area contributed by atoms with Crippen LogP contribution in [0.3, 0.4) is 0 Å². The van der Waals surface area contributed by atoms with E-state index in [9.17, 15) is 33.4 Å². The van der Waals surface area contributed by atoms with Crippen molar-refractivity contribution in [1.82, 2.24) is 0 Å². The van der Waals surface area contributed by atoms with Gasteiger partial charge in [-0.3, -0.25) is 4.55 Å². The number of azo groups is 1. The lowest BCUT2D eigenvalue weighted by Crippen LogP contribution is -1.98. The van der Waals surface area contributed by atoms with Crippen LogP contribution in [-0.2, 0) is 35.8 Å². The van der Waals surface area contributed by atoms with Crippen molar-refractivity contribution in [3.8, 4) is 23.0 Å². The molecule has 9 nitrogen and oxygen atoms in total. The molecule has 0 saturated carbocycles. The van der Waals surface area contributed by atoms with E-state index in [0.717, 1.165) is 12.0 Å². The molecular formula is C34H32N2O7S. The molecular weight excluding hydrogens is 580 g/mol. The van der Waals surface area contributed by atoms with Gasteiger partial charge in [-0.2, -0.15) is 13.5 Å². The van der Waals surface area contributed by atoms with Crippen LogP contribution in [0.5, 0.6) is 23.0 Å². The second kappa shape index (κ2) is 12.4. The minimum Gasteiger partial charge on any atom is -0.508 e. The molecule has 0 aromatic heterocycles. The van der Waals surface area contributed by atoms with E-state index in [4.69, 9.17) is 0 Å². The predicted molar refractivity (Wildman–Crippen MR) is 168 cm³/mol. The van der Waals surface area contributed by atoms with Gasteiger partial charge in [-0.05, 0) is 71.0 Å². The number of rotatable bonds is 9. The highest BCUT2D eigenvalue weighted by atomic mass is 32.2. The largest absolute Gasteiger partial charge is 0.508 e. The lowest BCUT2D eigenvalue weighted by molar-refractivity contribution is 0.456. The molecule has 0 aliphatic heterocycles. The van der Waals surface area contributed by atoms with E-state index in [-0.39, 0.29) is 50.8 Å². The van der Waals surface area contributed by atoms with Crippen LogP contribution in [0, 0.1) is 0 Å². The third-order valence-electron chi connectivity index (χ3n) is 7.70. The Kier molecular flexibility index (Phi) is 8.57. The van der Waals surface area contributed by atoms with Crippen LogP contribution >= 0.6 is 0 Å². The van der Waals surface area contributed by atoms with E-state index in [1.54, 1.807) is 30.3 Å². The lowest BCUT2D eigenvalue weighted by atomic mass is 9.95. The summed E-state index contributed by atoms with van der Waals surface area (Å²) in [7, 11) is -4.50. The molecule has 0 fully saturated rings. The summed E-state index contributed by atoms with van der Waals surface area (Å²) in [6, 6.07) is 21.2. The molecule has 0 unspecified atom stereocenters. The Morgan fingerprint density at radius 2 is 1.25 bits per heavy atom. The van der Waals surface area contributed by atoms with Crippen molar-refractivity contribution >= 4 is 32.3 Å². The maximum absolute atomic E-state index is 11.8. The van der Waals surface area contributed by atoms with E-state index >= 15 is 0 Å². The summed E-state index contributed by atoms with van der Waals surface area (Å²) in [5.41, 5.74) is 4.66. The molecule has 0 radical (unpaired) electrons. The number of fused-ring (bicyclic) bond motifs is 1. The van der Waals surface area contributed by atoms with E-state index in [1.807, 2.05) is 32.0 Å². The van der Waals surface area contributed by atoms with Crippen molar-refractivity contribution in [1.29, 1.82) is 0 Å². The molecule has 5 aromatic rings. The van der Waals surface area contributed by atoms with Crippen LogP contribution in [0.4, 0.5) is 11.4 Å². The number of phenolic OH excluding ortho intramolecular Hbond substituents is 4. The van der Waals surface area contributed by atoms with Crippen LogP contribution in [0.1, 0.15) is 47.2 Å². The van der Waals surface area contributed by atoms with Gasteiger partial charge >= 0.3 is 0 Å². The van der Waals surface area contributed by atoms with Crippen molar-refractivity contribution < 1.29 is 33.4 Å². The third kappa shape index (κ3) is 6.22. The molecule has 0 aliphatic carbocycles. The van der Waals surface area contributed by atoms with Crippen LogP contribution in [0.25, 0.3) is 10.8 Å². The van der Waals surface area contributed by atoms with Crippen LogP contribution in [0.2, 0.25) is 0 Å². The van der Waals surface area contributed by atoms with Crippen LogP contribution < -0.4 is 0 Å². The first kappa shape index (κ1) is 30.5. The summed E-state index contributed by atoms with van der Waals surface area (Å²) in [6.45, 7) is 3.91. The predicted octanol–water partition coefficient (Wildman–Crippen LogP) is 7.63. The van der Waals surface area contributed by atoms with Gasteiger partial charge < -0.3 is 20.4 Å². The zero-order chi connectivity index (χ0) is 31.6. The lowest BCUT2D eigenvalue weighted by Gasteiger charge is -2.14.